The van der Waals surface area contributed by atoms with E-state index in [1.807, 2.05) is 30.3 Å². The van der Waals surface area contributed by atoms with Crippen LogP contribution in [-0.4, -0.2) is 17.5 Å². The number of hydrogen-bond donors (Lipinski definition) is 1. The summed E-state index contributed by atoms with van der Waals surface area (Å²) in [6.07, 6.45) is 8.14. The number of rotatable bonds is 3. The van der Waals surface area contributed by atoms with Gasteiger partial charge in [0.25, 0.3) is 5.91 Å². The number of carbonyl (C=O) groups excluding carboxylic acids is 1. The first-order valence-corrected chi connectivity index (χ1v) is 8.25. The topological polar surface area (TPSA) is 46.3 Å². The van der Waals surface area contributed by atoms with Crippen LogP contribution in [0, 0.1) is 23.2 Å². The first-order chi connectivity index (χ1) is 10.1. The van der Waals surface area contributed by atoms with E-state index in [4.69, 9.17) is 5.84 Å². The molecular formula is C18H24N2O. The molecule has 0 aromatic heterocycles. The Morgan fingerprint density at radius 3 is 2.10 bits per heavy atom. The molecule has 4 saturated carbocycles. The van der Waals surface area contributed by atoms with Gasteiger partial charge in [-0.2, -0.15) is 0 Å². The molecule has 0 saturated heterocycles. The Morgan fingerprint density at radius 1 is 1.05 bits per heavy atom. The third-order valence-electron chi connectivity index (χ3n) is 5.95. The number of nitrogens with two attached hydrogens (primary N) is 1. The van der Waals surface area contributed by atoms with Crippen molar-refractivity contribution in [2.75, 3.05) is 6.54 Å². The lowest BCUT2D eigenvalue weighted by Crippen LogP contribution is -2.53. The van der Waals surface area contributed by atoms with Crippen LogP contribution in [0.4, 0.5) is 0 Å². The normalized spacial score (nSPS) is 36.7. The predicted molar refractivity (Wildman–Crippen MR) is 82.3 cm³/mol. The van der Waals surface area contributed by atoms with Crippen LogP contribution in [0.2, 0.25) is 0 Å². The molecule has 21 heavy (non-hydrogen) atoms. The van der Waals surface area contributed by atoms with Crippen molar-refractivity contribution in [1.29, 1.82) is 0 Å². The van der Waals surface area contributed by atoms with E-state index >= 15 is 0 Å². The first kappa shape index (κ1) is 13.3. The van der Waals surface area contributed by atoms with Crippen LogP contribution in [0.1, 0.15) is 48.9 Å². The van der Waals surface area contributed by atoms with Crippen LogP contribution in [0.25, 0.3) is 0 Å². The average molecular weight is 284 g/mol. The van der Waals surface area contributed by atoms with Gasteiger partial charge in [0.15, 0.2) is 0 Å². The third-order valence-corrected chi connectivity index (χ3v) is 5.95. The molecule has 3 nitrogen and oxygen atoms in total. The number of hydrazine groups is 1. The van der Waals surface area contributed by atoms with E-state index in [-0.39, 0.29) is 5.91 Å². The number of carbonyl (C=O) groups is 1. The van der Waals surface area contributed by atoms with Gasteiger partial charge in [0, 0.05) is 12.1 Å². The Morgan fingerprint density at radius 2 is 1.57 bits per heavy atom. The van der Waals surface area contributed by atoms with Crippen LogP contribution in [-0.2, 0) is 0 Å². The van der Waals surface area contributed by atoms with Gasteiger partial charge in [-0.05, 0) is 73.8 Å². The summed E-state index contributed by atoms with van der Waals surface area (Å²) in [6.45, 7) is 0.740. The maximum atomic E-state index is 12.5. The maximum Gasteiger partial charge on any atom is 0.267 e. The highest BCUT2D eigenvalue weighted by Crippen LogP contribution is 2.60. The number of benzene rings is 1. The summed E-state index contributed by atoms with van der Waals surface area (Å²) in [7, 11) is 0. The van der Waals surface area contributed by atoms with Crippen molar-refractivity contribution >= 4 is 5.91 Å². The molecule has 5 rings (SSSR count). The molecule has 112 valence electrons. The molecule has 4 aliphatic rings. The van der Waals surface area contributed by atoms with Crippen molar-refractivity contribution in [2.45, 2.75) is 38.5 Å². The molecule has 0 unspecified atom stereocenters. The van der Waals surface area contributed by atoms with Gasteiger partial charge in [0.1, 0.15) is 0 Å². The second-order valence-electron chi connectivity index (χ2n) is 7.72. The molecular weight excluding hydrogens is 260 g/mol. The smallest absolute Gasteiger partial charge is 0.267 e. The van der Waals surface area contributed by atoms with Crippen LogP contribution >= 0.6 is 0 Å². The molecule has 0 spiro atoms. The van der Waals surface area contributed by atoms with E-state index in [1.54, 1.807) is 0 Å². The van der Waals surface area contributed by atoms with Crippen LogP contribution in [0.5, 0.6) is 0 Å². The molecule has 0 heterocycles. The standard InChI is InChI=1S/C18H24N2O/c19-20(17(21)16-4-2-1-3-5-16)12-18-9-13-6-14(10-18)8-15(7-13)11-18/h1-5,13-15H,6-12,19H2. The summed E-state index contributed by atoms with van der Waals surface area (Å²) in [5.41, 5.74) is 1.01. The Balaban J connectivity index is 1.49. The van der Waals surface area contributed by atoms with Crippen LogP contribution < -0.4 is 5.84 Å². The van der Waals surface area contributed by atoms with Gasteiger partial charge in [-0.3, -0.25) is 9.80 Å². The van der Waals surface area contributed by atoms with E-state index in [9.17, 15) is 4.79 Å². The lowest BCUT2D eigenvalue weighted by Gasteiger charge is -2.57. The van der Waals surface area contributed by atoms with E-state index in [0.717, 1.165) is 24.3 Å². The highest BCUT2D eigenvalue weighted by molar-refractivity contribution is 5.93. The molecule has 3 heteroatoms. The lowest BCUT2D eigenvalue weighted by atomic mass is 9.49. The second kappa shape index (κ2) is 4.84. The van der Waals surface area contributed by atoms with Crippen molar-refractivity contribution in [2.24, 2.45) is 29.0 Å². The molecule has 1 aromatic rings. The fourth-order valence-electron chi connectivity index (χ4n) is 5.66. The summed E-state index contributed by atoms with van der Waals surface area (Å²) < 4.78 is 0. The molecule has 1 amide bonds. The van der Waals surface area contributed by atoms with Gasteiger partial charge < -0.3 is 0 Å². The van der Waals surface area contributed by atoms with Crippen LogP contribution in [0.15, 0.2) is 30.3 Å². The largest absolute Gasteiger partial charge is 0.276 e. The fourth-order valence-corrected chi connectivity index (χ4v) is 5.66. The van der Waals surface area contributed by atoms with E-state index in [2.05, 4.69) is 0 Å². The van der Waals surface area contributed by atoms with E-state index in [0.29, 0.717) is 11.0 Å². The van der Waals surface area contributed by atoms with Gasteiger partial charge in [0.2, 0.25) is 0 Å². The summed E-state index contributed by atoms with van der Waals surface area (Å²) in [5.74, 6) is 8.82. The Kier molecular flexibility index (Phi) is 3.07. The highest BCUT2D eigenvalue weighted by Gasteiger charge is 2.51. The minimum atomic E-state index is -0.0358. The van der Waals surface area contributed by atoms with Gasteiger partial charge in [-0.25, -0.2) is 5.84 Å². The minimum absolute atomic E-state index is 0.0358. The lowest BCUT2D eigenvalue weighted by molar-refractivity contribution is -0.0655. The Bertz CT molecular complexity index is 504. The summed E-state index contributed by atoms with van der Waals surface area (Å²) >= 11 is 0. The van der Waals surface area contributed by atoms with E-state index < -0.39 is 0 Å². The molecule has 1 aromatic carbocycles. The summed E-state index contributed by atoms with van der Waals surface area (Å²) in [6, 6.07) is 9.41. The van der Waals surface area contributed by atoms with E-state index in [1.165, 1.54) is 43.5 Å². The molecule has 4 bridgehead atoms. The first-order valence-electron chi connectivity index (χ1n) is 8.25. The van der Waals surface area contributed by atoms with Gasteiger partial charge >= 0.3 is 0 Å². The van der Waals surface area contributed by atoms with Crippen molar-refractivity contribution in [1.82, 2.24) is 5.01 Å². The third kappa shape index (κ3) is 2.38. The molecule has 0 radical (unpaired) electrons. The number of hydrogen-bond acceptors (Lipinski definition) is 2. The van der Waals surface area contributed by atoms with Gasteiger partial charge in [0.05, 0.1) is 0 Å². The van der Waals surface area contributed by atoms with Gasteiger partial charge in [-0.15, -0.1) is 0 Å². The average Bonchev–Trinajstić information content (AvgIpc) is 2.45. The zero-order valence-corrected chi connectivity index (χ0v) is 12.5. The minimum Gasteiger partial charge on any atom is -0.276 e. The monoisotopic (exact) mass is 284 g/mol. The SMILES string of the molecule is NN(CC12CC3CC(CC(C3)C1)C2)C(=O)c1ccccc1. The Labute approximate surface area is 126 Å². The van der Waals surface area contributed by atoms with Crippen molar-refractivity contribution in [3.8, 4) is 0 Å². The van der Waals surface area contributed by atoms with Crippen molar-refractivity contribution in [3.63, 3.8) is 0 Å². The molecule has 0 aliphatic heterocycles. The van der Waals surface area contributed by atoms with Crippen LogP contribution in [0.3, 0.4) is 0 Å². The quantitative estimate of drug-likeness (QED) is 0.526. The fraction of sp³-hybridized carbons (Fsp3) is 0.611. The zero-order chi connectivity index (χ0) is 14.4. The van der Waals surface area contributed by atoms with Gasteiger partial charge in [-0.1, -0.05) is 18.2 Å². The zero-order valence-electron chi connectivity index (χ0n) is 12.5. The predicted octanol–water partition coefficient (Wildman–Crippen LogP) is 3.22. The highest BCUT2D eigenvalue weighted by atomic mass is 16.2. The maximum absolute atomic E-state index is 12.5. The van der Waals surface area contributed by atoms with Crippen molar-refractivity contribution in [3.05, 3.63) is 35.9 Å². The molecule has 0 atom stereocenters. The molecule has 4 fully saturated rings. The molecule has 2 N–H and O–H groups in total. The summed E-state index contributed by atoms with van der Waals surface area (Å²) in [4.78, 5) is 12.5. The Hall–Kier alpha value is -1.35. The second-order valence-corrected chi connectivity index (χ2v) is 7.72. The number of amides is 1. The summed E-state index contributed by atoms with van der Waals surface area (Å²) in [5, 5.41) is 1.49. The molecule has 4 aliphatic carbocycles. The van der Waals surface area contributed by atoms with Crippen molar-refractivity contribution < 1.29 is 4.79 Å². The number of nitrogens with zero attached hydrogens (tertiary/aromatic N) is 1.